The van der Waals surface area contributed by atoms with Crippen LogP contribution in [0.5, 0.6) is 0 Å². The normalized spacial score (nSPS) is 12.6. The highest BCUT2D eigenvalue weighted by Gasteiger charge is 2.12. The van der Waals surface area contributed by atoms with Crippen molar-refractivity contribution in [3.63, 3.8) is 0 Å². The fraction of sp³-hybridized carbons (Fsp3) is 0.600. The molecule has 1 amide bonds. The summed E-state index contributed by atoms with van der Waals surface area (Å²) in [5.74, 6) is 0.112. The van der Waals surface area contributed by atoms with Crippen molar-refractivity contribution < 1.29 is 4.79 Å². The second-order valence-corrected chi connectivity index (χ2v) is 4.66. The number of aromatic nitrogens is 1. The van der Waals surface area contributed by atoms with Gasteiger partial charge < -0.3 is 5.32 Å². The molecule has 4 heteroatoms. The number of hydrogen-bond donors (Lipinski definition) is 1. The van der Waals surface area contributed by atoms with Crippen molar-refractivity contribution in [2.45, 2.75) is 34.1 Å². The molecule has 1 aromatic rings. The molecule has 1 unspecified atom stereocenters. The molecular weight excluding hydrogens is 196 g/mol. The summed E-state index contributed by atoms with van der Waals surface area (Å²) in [4.78, 5) is 16.9. The van der Waals surface area contributed by atoms with Crippen molar-refractivity contribution in [2.75, 3.05) is 5.32 Å². The maximum atomic E-state index is 11.5. The molecule has 1 atom stereocenters. The molecule has 0 spiro atoms. The third kappa shape index (κ3) is 2.54. The van der Waals surface area contributed by atoms with Gasteiger partial charge in [0.2, 0.25) is 5.91 Å². The van der Waals surface area contributed by atoms with E-state index in [1.807, 2.05) is 27.7 Å². The topological polar surface area (TPSA) is 42.0 Å². The van der Waals surface area contributed by atoms with Gasteiger partial charge in [-0.3, -0.25) is 4.79 Å². The van der Waals surface area contributed by atoms with Gasteiger partial charge >= 0.3 is 0 Å². The van der Waals surface area contributed by atoms with Crippen molar-refractivity contribution in [3.05, 3.63) is 10.6 Å². The van der Waals surface area contributed by atoms with E-state index in [0.717, 1.165) is 17.0 Å². The van der Waals surface area contributed by atoms with Gasteiger partial charge in [0, 0.05) is 10.8 Å². The molecule has 0 saturated carbocycles. The number of aryl methyl sites for hydroxylation is 2. The van der Waals surface area contributed by atoms with E-state index < -0.39 is 0 Å². The molecule has 1 rings (SSSR count). The van der Waals surface area contributed by atoms with Crippen LogP contribution in [0.3, 0.4) is 0 Å². The van der Waals surface area contributed by atoms with Crippen LogP contribution in [0.15, 0.2) is 0 Å². The van der Waals surface area contributed by atoms with Crippen molar-refractivity contribution >= 4 is 22.4 Å². The van der Waals surface area contributed by atoms with E-state index in [9.17, 15) is 4.79 Å². The monoisotopic (exact) mass is 212 g/mol. The molecule has 14 heavy (non-hydrogen) atoms. The Kier molecular flexibility index (Phi) is 3.63. The largest absolute Gasteiger partial charge is 0.302 e. The molecular formula is C10H16N2OS. The zero-order valence-corrected chi connectivity index (χ0v) is 9.86. The highest BCUT2D eigenvalue weighted by Crippen LogP contribution is 2.21. The summed E-state index contributed by atoms with van der Waals surface area (Å²) in [5, 5.41) is 3.54. The molecule has 1 heterocycles. The van der Waals surface area contributed by atoms with Crippen LogP contribution in [0.4, 0.5) is 5.13 Å². The number of amides is 1. The third-order valence-corrected chi connectivity index (χ3v) is 3.31. The van der Waals surface area contributed by atoms with E-state index in [4.69, 9.17) is 0 Å². The summed E-state index contributed by atoms with van der Waals surface area (Å²) in [5.41, 5.74) is 0.995. The average molecular weight is 212 g/mol. The van der Waals surface area contributed by atoms with Gasteiger partial charge in [-0.25, -0.2) is 4.98 Å². The maximum Gasteiger partial charge on any atom is 0.228 e. The Balaban J connectivity index is 2.65. The number of anilines is 1. The van der Waals surface area contributed by atoms with E-state index >= 15 is 0 Å². The van der Waals surface area contributed by atoms with Crippen LogP contribution in [-0.4, -0.2) is 10.9 Å². The van der Waals surface area contributed by atoms with Crippen LogP contribution < -0.4 is 5.32 Å². The molecule has 0 aliphatic heterocycles. The fourth-order valence-electron chi connectivity index (χ4n) is 0.940. The first-order valence-corrected chi connectivity index (χ1v) is 5.61. The standard InChI is InChI=1S/C10H16N2OS/c1-5-6(2)9(13)12-10-11-7(3)8(4)14-10/h6H,5H2,1-4H3,(H,11,12,13). The van der Waals surface area contributed by atoms with Crippen LogP contribution in [0.1, 0.15) is 30.8 Å². The van der Waals surface area contributed by atoms with Crippen LogP contribution in [-0.2, 0) is 4.79 Å². The Morgan fingerprint density at radius 1 is 1.57 bits per heavy atom. The van der Waals surface area contributed by atoms with Crippen molar-refractivity contribution in [3.8, 4) is 0 Å². The van der Waals surface area contributed by atoms with Gasteiger partial charge in [-0.05, 0) is 20.3 Å². The second-order valence-electron chi connectivity index (χ2n) is 3.46. The third-order valence-electron chi connectivity index (χ3n) is 2.32. The molecule has 0 saturated heterocycles. The van der Waals surface area contributed by atoms with Gasteiger partial charge in [-0.1, -0.05) is 13.8 Å². The van der Waals surface area contributed by atoms with E-state index in [-0.39, 0.29) is 11.8 Å². The van der Waals surface area contributed by atoms with Gasteiger partial charge in [0.1, 0.15) is 0 Å². The molecule has 0 radical (unpaired) electrons. The SMILES string of the molecule is CCC(C)C(=O)Nc1nc(C)c(C)s1. The number of carbonyl (C=O) groups excluding carboxylic acids is 1. The molecule has 1 N–H and O–H groups in total. The smallest absolute Gasteiger partial charge is 0.228 e. The Labute approximate surface area is 88.6 Å². The van der Waals surface area contributed by atoms with Gasteiger partial charge in [0.25, 0.3) is 0 Å². The lowest BCUT2D eigenvalue weighted by atomic mass is 10.1. The van der Waals surface area contributed by atoms with E-state index in [1.165, 1.54) is 11.3 Å². The summed E-state index contributed by atoms with van der Waals surface area (Å²) >= 11 is 1.53. The Morgan fingerprint density at radius 2 is 2.21 bits per heavy atom. The number of nitrogens with one attached hydrogen (secondary N) is 1. The minimum absolute atomic E-state index is 0.0551. The average Bonchev–Trinajstić information content (AvgIpc) is 2.44. The predicted octanol–water partition coefficient (Wildman–Crippen LogP) is 2.74. The molecule has 1 aromatic heterocycles. The molecule has 0 aromatic carbocycles. The van der Waals surface area contributed by atoms with Crippen LogP contribution in [0.25, 0.3) is 0 Å². The van der Waals surface area contributed by atoms with Gasteiger partial charge in [0.15, 0.2) is 5.13 Å². The summed E-state index contributed by atoms with van der Waals surface area (Å²) < 4.78 is 0. The number of carbonyl (C=O) groups is 1. The Morgan fingerprint density at radius 3 is 2.64 bits per heavy atom. The van der Waals surface area contributed by atoms with Gasteiger partial charge in [-0.2, -0.15) is 0 Å². The van der Waals surface area contributed by atoms with Crippen molar-refractivity contribution in [2.24, 2.45) is 5.92 Å². The number of hydrogen-bond acceptors (Lipinski definition) is 3. The molecule has 0 fully saturated rings. The van der Waals surface area contributed by atoms with Crippen LogP contribution in [0.2, 0.25) is 0 Å². The van der Waals surface area contributed by atoms with Gasteiger partial charge in [0.05, 0.1) is 5.69 Å². The summed E-state index contributed by atoms with van der Waals surface area (Å²) in [6, 6.07) is 0. The van der Waals surface area contributed by atoms with Gasteiger partial charge in [-0.15, -0.1) is 11.3 Å². The number of nitrogens with zero attached hydrogens (tertiary/aromatic N) is 1. The lowest BCUT2D eigenvalue weighted by molar-refractivity contribution is -0.119. The Bertz CT molecular complexity index is 313. The molecule has 3 nitrogen and oxygen atoms in total. The maximum absolute atomic E-state index is 11.5. The van der Waals surface area contributed by atoms with Crippen LogP contribution >= 0.6 is 11.3 Å². The van der Waals surface area contributed by atoms with Crippen LogP contribution in [0, 0.1) is 19.8 Å². The molecule has 0 aliphatic carbocycles. The Hall–Kier alpha value is -0.900. The van der Waals surface area contributed by atoms with E-state index in [0.29, 0.717) is 5.13 Å². The van der Waals surface area contributed by atoms with Crippen molar-refractivity contribution in [1.82, 2.24) is 4.98 Å². The summed E-state index contributed by atoms with van der Waals surface area (Å²) in [6.45, 7) is 7.88. The predicted molar refractivity (Wildman–Crippen MR) is 59.7 cm³/mol. The van der Waals surface area contributed by atoms with E-state index in [2.05, 4.69) is 10.3 Å². The lowest BCUT2D eigenvalue weighted by Crippen LogP contribution is -2.19. The molecule has 78 valence electrons. The summed E-state index contributed by atoms with van der Waals surface area (Å²) in [7, 11) is 0. The first kappa shape index (κ1) is 11.2. The van der Waals surface area contributed by atoms with Crippen molar-refractivity contribution in [1.29, 1.82) is 0 Å². The molecule has 0 aliphatic rings. The minimum Gasteiger partial charge on any atom is -0.302 e. The lowest BCUT2D eigenvalue weighted by Gasteiger charge is -2.06. The van der Waals surface area contributed by atoms with E-state index in [1.54, 1.807) is 0 Å². The molecule has 0 bridgehead atoms. The zero-order valence-electron chi connectivity index (χ0n) is 9.05. The number of rotatable bonds is 3. The summed E-state index contributed by atoms with van der Waals surface area (Å²) in [6.07, 6.45) is 0.856. The zero-order chi connectivity index (χ0) is 10.7. The quantitative estimate of drug-likeness (QED) is 0.837. The first-order valence-electron chi connectivity index (χ1n) is 4.79. The minimum atomic E-state index is 0.0551. The number of thiazole rings is 1. The highest BCUT2D eigenvalue weighted by atomic mass is 32.1. The second kappa shape index (κ2) is 4.55. The highest BCUT2D eigenvalue weighted by molar-refractivity contribution is 7.15. The fourth-order valence-corrected chi connectivity index (χ4v) is 1.76. The first-order chi connectivity index (χ1) is 6.54.